The number of carbonyl (C=O) groups is 2. The van der Waals surface area contributed by atoms with Crippen molar-refractivity contribution in [1.82, 2.24) is 0 Å². The molecule has 6 nitrogen and oxygen atoms in total. The first-order valence-corrected chi connectivity index (χ1v) is 15.3. The molecule has 0 spiro atoms. The quantitative estimate of drug-likeness (QED) is 0.424. The molecule has 2 aliphatic rings. The van der Waals surface area contributed by atoms with Crippen LogP contribution < -0.4 is 5.63 Å². The Morgan fingerprint density at radius 2 is 1.06 bits per heavy atom. The molecular weight excluding hydrogens is 500 g/mol. The second kappa shape index (κ2) is 10.2. The van der Waals surface area contributed by atoms with E-state index in [2.05, 4.69) is 24.3 Å². The number of ether oxygens (including phenoxy) is 2. The summed E-state index contributed by atoms with van der Waals surface area (Å²) in [6.45, 7) is 0. The zero-order valence-corrected chi connectivity index (χ0v) is 20.8. The molecule has 0 aliphatic heterocycles. The average molecular weight is 524 g/mol. The Hall–Kier alpha value is -3.18. The second-order valence-corrected chi connectivity index (χ2v) is 15.4. The first kappa shape index (κ1) is 23.0. The number of hydrogen-bond acceptors (Lipinski definition) is 6. The van der Waals surface area contributed by atoms with E-state index in [0.717, 1.165) is 0 Å². The summed E-state index contributed by atoms with van der Waals surface area (Å²) in [5, 5.41) is 0. The van der Waals surface area contributed by atoms with Crippen molar-refractivity contribution in [3.05, 3.63) is 108 Å². The molecule has 2 aliphatic carbocycles. The van der Waals surface area contributed by atoms with Gasteiger partial charge < -0.3 is 0 Å². The molecule has 4 rings (SSSR count). The van der Waals surface area contributed by atoms with Crippen LogP contribution >= 0.6 is 0 Å². The molecule has 0 N–H and O–H groups in total. The fraction of sp³-hybridized carbons (Fsp3) is 0.154. The van der Waals surface area contributed by atoms with Gasteiger partial charge in [0.1, 0.15) is 0 Å². The van der Waals surface area contributed by atoms with Crippen LogP contribution in [-0.2, 0) is 30.6 Å². The Balaban J connectivity index is 1.78. The topological polar surface area (TPSA) is 71.1 Å². The van der Waals surface area contributed by atoms with E-state index in [4.69, 9.17) is 15.1 Å². The number of methoxy groups -OCH3 is 2. The molecule has 0 amide bonds. The van der Waals surface area contributed by atoms with Gasteiger partial charge in [0.2, 0.25) is 0 Å². The number of hydrogen-bond donors (Lipinski definition) is 0. The Bertz CT molecular complexity index is 1050. The normalized spacial score (nSPS) is 15.1. The molecule has 0 fully saturated rings. The number of esters is 2. The van der Waals surface area contributed by atoms with Crippen molar-refractivity contribution in [1.29, 1.82) is 0 Å². The Morgan fingerprint density at radius 3 is 1.42 bits per heavy atom. The van der Waals surface area contributed by atoms with Crippen LogP contribution in [0, 0.1) is 0 Å². The van der Waals surface area contributed by atoms with Crippen molar-refractivity contribution in [2.75, 3.05) is 14.2 Å². The summed E-state index contributed by atoms with van der Waals surface area (Å²) in [6, 6.07) is 13.9. The number of rotatable bonds is 8. The van der Waals surface area contributed by atoms with Gasteiger partial charge in [-0.15, -0.1) is 0 Å². The molecule has 2 aromatic rings. The van der Waals surface area contributed by atoms with Crippen molar-refractivity contribution in [2.24, 2.45) is 0 Å². The summed E-state index contributed by atoms with van der Waals surface area (Å²) in [5.41, 5.74) is 0.802. The number of benzene rings is 2. The molecule has 33 heavy (non-hydrogen) atoms. The predicted molar refractivity (Wildman–Crippen MR) is 121 cm³/mol. The molecule has 2 aromatic carbocycles. The summed E-state index contributed by atoms with van der Waals surface area (Å²) in [5.74, 6) is 0.212. The first-order valence-electron chi connectivity index (χ1n) is 10.5. The van der Waals surface area contributed by atoms with Gasteiger partial charge in [0, 0.05) is 0 Å². The summed E-state index contributed by atoms with van der Waals surface area (Å²) < 4.78 is 23.2. The van der Waals surface area contributed by atoms with E-state index in [1.165, 1.54) is 14.2 Å². The third-order valence-electron chi connectivity index (χ3n) is 5.49. The van der Waals surface area contributed by atoms with Crippen LogP contribution in [0.1, 0.15) is 20.7 Å². The molecule has 0 unspecified atom stereocenters. The van der Waals surface area contributed by atoms with Gasteiger partial charge in [-0.1, -0.05) is 0 Å². The SMILES string of the molecule is COC(=O)c1cccc([O][Zr]([O]c2cccc(C(=O)OC)c2)([CH]2C=CC=C2)[CH]2C=CC=C2)c1. The minimum absolute atomic E-state index is 0.0414. The molecule has 0 aromatic heterocycles. The van der Waals surface area contributed by atoms with Crippen molar-refractivity contribution >= 4 is 11.9 Å². The summed E-state index contributed by atoms with van der Waals surface area (Å²) in [6.07, 6.45) is 16.3. The molecule has 0 radical (unpaired) electrons. The van der Waals surface area contributed by atoms with Crippen molar-refractivity contribution in [3.8, 4) is 11.5 Å². The van der Waals surface area contributed by atoms with Crippen LogP contribution in [0.3, 0.4) is 0 Å². The molecule has 7 heteroatoms. The summed E-state index contributed by atoms with van der Waals surface area (Å²) in [7, 11) is 2.69. The van der Waals surface area contributed by atoms with Gasteiger partial charge in [-0.05, 0) is 0 Å². The Morgan fingerprint density at radius 1 is 0.667 bits per heavy atom. The number of carbonyl (C=O) groups excluding carboxylic acids is 2. The van der Waals surface area contributed by atoms with Crippen LogP contribution in [0.15, 0.2) is 97.1 Å². The molecular formula is C26H24O6Zr. The minimum atomic E-state index is -4.21. The predicted octanol–water partition coefficient (Wildman–Crippen LogP) is 5.53. The molecule has 0 saturated heterocycles. The maximum absolute atomic E-state index is 12.1. The van der Waals surface area contributed by atoms with E-state index in [-0.39, 0.29) is 7.25 Å². The van der Waals surface area contributed by atoms with Gasteiger partial charge in [-0.2, -0.15) is 0 Å². The molecule has 168 valence electrons. The summed E-state index contributed by atoms with van der Waals surface area (Å²) in [4.78, 5) is 24.2. The van der Waals surface area contributed by atoms with E-state index in [0.29, 0.717) is 22.6 Å². The van der Waals surface area contributed by atoms with Gasteiger partial charge >= 0.3 is 199 Å². The van der Waals surface area contributed by atoms with E-state index in [9.17, 15) is 9.59 Å². The van der Waals surface area contributed by atoms with Gasteiger partial charge in [-0.25, -0.2) is 0 Å². The van der Waals surface area contributed by atoms with Crippen molar-refractivity contribution in [2.45, 2.75) is 7.25 Å². The van der Waals surface area contributed by atoms with Crippen LogP contribution in [0.4, 0.5) is 0 Å². The molecule has 0 atom stereocenters. The Labute approximate surface area is 198 Å². The molecule has 0 saturated carbocycles. The second-order valence-electron chi connectivity index (χ2n) is 7.56. The van der Waals surface area contributed by atoms with Crippen molar-refractivity contribution in [3.63, 3.8) is 0 Å². The van der Waals surface area contributed by atoms with Gasteiger partial charge in [0.05, 0.1) is 0 Å². The van der Waals surface area contributed by atoms with Crippen molar-refractivity contribution < 1.29 is 45.8 Å². The monoisotopic (exact) mass is 522 g/mol. The standard InChI is InChI=1S/2C8H8O3.2C5H5.Zr/c2*1-11-8(10)6-3-2-4-7(9)5-6;2*1-2-4-5-3-1;/h2*2-5,9H,1H3;2*1-5H;/q;;;;+2/p-2. The number of allylic oxidation sites excluding steroid dienone is 8. The van der Waals surface area contributed by atoms with Crippen LogP contribution in [0.5, 0.6) is 11.5 Å². The third kappa shape index (κ3) is 4.94. The maximum atomic E-state index is 12.1. The zero-order valence-electron chi connectivity index (χ0n) is 18.3. The van der Waals surface area contributed by atoms with Crippen LogP contribution in [0.2, 0.25) is 7.25 Å². The molecule has 0 bridgehead atoms. The van der Waals surface area contributed by atoms with E-state index in [1.807, 2.05) is 36.4 Å². The van der Waals surface area contributed by atoms with E-state index in [1.54, 1.807) is 36.4 Å². The van der Waals surface area contributed by atoms with Gasteiger partial charge in [0.25, 0.3) is 0 Å². The van der Waals surface area contributed by atoms with Gasteiger partial charge in [0.15, 0.2) is 0 Å². The third-order valence-corrected chi connectivity index (χ3v) is 14.7. The Kier molecular flexibility index (Phi) is 7.09. The van der Waals surface area contributed by atoms with E-state index >= 15 is 0 Å². The van der Waals surface area contributed by atoms with Gasteiger partial charge in [-0.3, -0.25) is 0 Å². The van der Waals surface area contributed by atoms with E-state index < -0.39 is 33.1 Å². The fourth-order valence-electron chi connectivity index (χ4n) is 3.89. The van der Waals surface area contributed by atoms with Crippen LogP contribution in [0.25, 0.3) is 0 Å². The first-order chi connectivity index (χ1) is 16.1. The molecule has 0 heterocycles. The zero-order chi connectivity index (χ0) is 23.3. The van der Waals surface area contributed by atoms with Crippen LogP contribution in [-0.4, -0.2) is 26.2 Å². The fourth-order valence-corrected chi connectivity index (χ4v) is 12.6. The summed E-state index contributed by atoms with van der Waals surface area (Å²) >= 11 is -4.21. The average Bonchev–Trinajstić information content (AvgIpc) is 3.58.